The van der Waals surface area contributed by atoms with E-state index in [1.165, 1.54) is 12.0 Å². The molecule has 0 unspecified atom stereocenters. The lowest BCUT2D eigenvalue weighted by Crippen LogP contribution is -2.60. The number of aliphatic hydroxyl groups is 1. The van der Waals surface area contributed by atoms with Crippen LogP contribution >= 0.6 is 0 Å². The van der Waals surface area contributed by atoms with Gasteiger partial charge in [0.1, 0.15) is 17.7 Å². The van der Waals surface area contributed by atoms with Gasteiger partial charge in [-0.05, 0) is 53.6 Å². The summed E-state index contributed by atoms with van der Waals surface area (Å²) < 4.78 is 18.6. The summed E-state index contributed by atoms with van der Waals surface area (Å²) in [5.41, 5.74) is -0.0681. The van der Waals surface area contributed by atoms with E-state index < -0.39 is 59.6 Å². The number of likely N-dealkylation sites (tertiary alicyclic amines) is 1. The normalized spacial score (nSPS) is 24.8. The van der Waals surface area contributed by atoms with Gasteiger partial charge in [0.05, 0.1) is 43.2 Å². The number of carbonyl (C=O) groups is 4. The van der Waals surface area contributed by atoms with Crippen molar-refractivity contribution in [2.75, 3.05) is 31.8 Å². The van der Waals surface area contributed by atoms with E-state index in [1.807, 2.05) is 86.6 Å². The van der Waals surface area contributed by atoms with Crippen molar-refractivity contribution in [2.24, 2.45) is 17.8 Å². The van der Waals surface area contributed by atoms with Gasteiger partial charge in [0.2, 0.25) is 11.8 Å². The zero-order valence-corrected chi connectivity index (χ0v) is 32.0. The van der Waals surface area contributed by atoms with E-state index in [1.54, 1.807) is 17.1 Å². The summed E-state index contributed by atoms with van der Waals surface area (Å²) in [6.07, 6.45) is 3.79. The van der Waals surface area contributed by atoms with Crippen LogP contribution < -0.4 is 10.2 Å². The third-order valence-electron chi connectivity index (χ3n) is 11.7. The molecule has 3 amide bonds. The fourth-order valence-corrected chi connectivity index (χ4v) is 8.88. The molecule has 3 aliphatic rings. The van der Waals surface area contributed by atoms with E-state index in [2.05, 4.69) is 18.5 Å². The molecule has 1 spiro atoms. The lowest BCUT2D eigenvalue weighted by Gasteiger charge is -2.41. The van der Waals surface area contributed by atoms with E-state index >= 15 is 9.59 Å². The maximum Gasteiger partial charge on any atom is 0.313 e. The van der Waals surface area contributed by atoms with Crippen LogP contribution in [0.3, 0.4) is 0 Å². The maximum absolute atomic E-state index is 15.2. The molecule has 11 nitrogen and oxygen atoms in total. The van der Waals surface area contributed by atoms with Gasteiger partial charge in [0.15, 0.2) is 0 Å². The smallest absolute Gasteiger partial charge is 0.313 e. The van der Waals surface area contributed by atoms with Crippen molar-refractivity contribution in [3.8, 4) is 0 Å². The molecule has 0 radical (unpaired) electrons. The quantitative estimate of drug-likeness (QED) is 0.128. The summed E-state index contributed by atoms with van der Waals surface area (Å²) in [5, 5.41) is 15.8. The van der Waals surface area contributed by atoms with Crippen LogP contribution in [0.15, 0.2) is 98.1 Å². The molecule has 3 aliphatic heterocycles. The number of anilines is 1. The summed E-state index contributed by atoms with van der Waals surface area (Å²) >= 11 is 0. The van der Waals surface area contributed by atoms with Crippen LogP contribution in [0, 0.1) is 17.8 Å². The largest absolute Gasteiger partial charge is 0.455 e. The number of carbonyl (C=O) groups excluding carboxylic acids is 4. The lowest BCUT2D eigenvalue weighted by atomic mass is 9.70. The summed E-state index contributed by atoms with van der Waals surface area (Å²) in [6, 6.07) is 20.2. The van der Waals surface area contributed by atoms with Gasteiger partial charge in [0.25, 0.3) is 5.91 Å². The molecule has 11 heteroatoms. The lowest BCUT2D eigenvalue weighted by molar-refractivity contribution is -0.163. The Bertz CT molecular complexity index is 1880. The van der Waals surface area contributed by atoms with Crippen LogP contribution in [0.2, 0.25) is 0 Å². The van der Waals surface area contributed by atoms with Crippen molar-refractivity contribution in [3.05, 3.63) is 104 Å². The zero-order chi connectivity index (χ0) is 39.3. The average Bonchev–Trinajstić information content (AvgIpc) is 3.85. The Morgan fingerprint density at radius 1 is 1.07 bits per heavy atom. The number of fused-ring (bicyclic) bond motifs is 2. The van der Waals surface area contributed by atoms with Crippen molar-refractivity contribution in [2.45, 2.75) is 81.9 Å². The second kappa shape index (κ2) is 17.3. The van der Waals surface area contributed by atoms with Crippen LogP contribution in [0.5, 0.6) is 0 Å². The highest BCUT2D eigenvalue weighted by atomic mass is 16.6. The molecule has 3 heterocycles. The molecule has 0 aromatic heterocycles. The van der Waals surface area contributed by atoms with Gasteiger partial charge in [-0.1, -0.05) is 93.1 Å². The highest BCUT2D eigenvalue weighted by molar-refractivity contribution is 6.05. The minimum absolute atomic E-state index is 0.0505. The van der Waals surface area contributed by atoms with E-state index in [0.717, 1.165) is 10.8 Å². The van der Waals surface area contributed by atoms with Gasteiger partial charge in [-0.3, -0.25) is 19.2 Å². The minimum atomic E-state index is -1.34. The fraction of sp³-hybridized carbons (Fsp3) is 0.455. The molecule has 3 fully saturated rings. The molecular weight excluding hydrogens is 698 g/mol. The molecular formula is C44H53N3O8. The minimum Gasteiger partial charge on any atom is -0.455 e. The molecule has 292 valence electrons. The summed E-state index contributed by atoms with van der Waals surface area (Å²) in [6.45, 7) is 11.4. The average molecular weight is 752 g/mol. The van der Waals surface area contributed by atoms with Crippen LogP contribution in [0.1, 0.15) is 57.6 Å². The highest BCUT2D eigenvalue weighted by Crippen LogP contribution is 2.60. The molecule has 3 saturated heterocycles. The third-order valence-corrected chi connectivity index (χ3v) is 11.7. The number of allylic oxidation sites excluding steroid dienone is 1. The molecule has 6 rings (SSSR count). The molecule has 0 aliphatic carbocycles. The molecule has 9 atom stereocenters. The Morgan fingerprint density at radius 3 is 2.47 bits per heavy atom. The Kier molecular flexibility index (Phi) is 12.5. The highest BCUT2D eigenvalue weighted by Gasteiger charge is 2.76. The van der Waals surface area contributed by atoms with E-state index in [-0.39, 0.29) is 43.9 Å². The Morgan fingerprint density at radius 2 is 1.80 bits per heavy atom. The molecule has 55 heavy (non-hydrogen) atoms. The first kappa shape index (κ1) is 39.8. The predicted molar refractivity (Wildman–Crippen MR) is 210 cm³/mol. The first-order valence-corrected chi connectivity index (χ1v) is 19.3. The van der Waals surface area contributed by atoms with Crippen LogP contribution in [0.4, 0.5) is 5.69 Å². The first-order chi connectivity index (χ1) is 26.6. The third kappa shape index (κ3) is 7.57. The number of hydrogen-bond donors (Lipinski definition) is 2. The number of aliphatic hydroxyl groups excluding tert-OH is 1. The monoisotopic (exact) mass is 751 g/mol. The summed E-state index contributed by atoms with van der Waals surface area (Å²) in [4.78, 5) is 61.0. The van der Waals surface area contributed by atoms with E-state index in [4.69, 9.17) is 14.2 Å². The second-order valence-electron chi connectivity index (χ2n) is 14.9. The molecule has 2 bridgehead atoms. The number of benzene rings is 3. The summed E-state index contributed by atoms with van der Waals surface area (Å²) in [7, 11) is 1.51. The van der Waals surface area contributed by atoms with Crippen molar-refractivity contribution in [1.82, 2.24) is 10.2 Å². The second-order valence-corrected chi connectivity index (χ2v) is 14.9. The number of ether oxygens (including phenoxy) is 3. The van der Waals surface area contributed by atoms with Crippen molar-refractivity contribution in [3.63, 3.8) is 0 Å². The number of rotatable bonds is 18. The van der Waals surface area contributed by atoms with Gasteiger partial charge in [-0.25, -0.2) is 0 Å². The van der Waals surface area contributed by atoms with Crippen LogP contribution in [-0.2, 0) is 33.4 Å². The Hall–Kier alpha value is -4.84. The van der Waals surface area contributed by atoms with Gasteiger partial charge < -0.3 is 34.4 Å². The van der Waals surface area contributed by atoms with Crippen LogP contribution in [-0.4, -0.2) is 90.4 Å². The summed E-state index contributed by atoms with van der Waals surface area (Å²) in [5.74, 6) is -3.93. The standard InChI is InChI=1S/C44H53N3O8/c1-6-9-19-36(49)45-33(27-53-5)39(30-16-11-10-12-17-30)54-43(52)37-35-22-23-44(55-35)38(37)41(50)47(34(26-48)28(4)8-3)40(44)42(51)46(24-7-2)32-21-20-29-15-13-14-18-31(29)25-32/h6-7,10-18,20-21,25,28,33-35,37-40,48H,1-2,8-9,19,22-24,26-27H2,3-5H3,(H,45,49)/t28-,33-,34-,35-,37+,38+,39-,40-,44+/m0/s1. The SMILES string of the molecule is C=CCCC(=O)N[C@@H](COC)[C@@H](OC(=O)[C@@H]1[C@@H]2CC[C@]3(O2)[C@H](C(=O)N(CC=C)c2ccc4ccccc4c2)N([C@@H](CO)[C@@H](C)CC)C(=O)[C@@H]13)c1ccccc1. The molecule has 3 aromatic carbocycles. The first-order valence-electron chi connectivity index (χ1n) is 19.3. The predicted octanol–water partition coefficient (Wildman–Crippen LogP) is 5.52. The van der Waals surface area contributed by atoms with Crippen molar-refractivity contribution >= 4 is 40.2 Å². The number of methoxy groups -OCH3 is 1. The van der Waals surface area contributed by atoms with Gasteiger partial charge in [-0.15, -0.1) is 13.2 Å². The maximum atomic E-state index is 15.2. The number of hydrogen-bond acceptors (Lipinski definition) is 8. The van der Waals surface area contributed by atoms with Gasteiger partial charge >= 0.3 is 5.97 Å². The van der Waals surface area contributed by atoms with Gasteiger partial charge in [0, 0.05) is 25.8 Å². The fourth-order valence-electron chi connectivity index (χ4n) is 8.88. The zero-order valence-electron chi connectivity index (χ0n) is 32.0. The topological polar surface area (TPSA) is 135 Å². The molecule has 0 saturated carbocycles. The molecule has 2 N–H and O–H groups in total. The Balaban J connectivity index is 1.39. The number of nitrogens with one attached hydrogen (secondary N) is 1. The number of nitrogens with zero attached hydrogens (tertiary/aromatic N) is 2. The van der Waals surface area contributed by atoms with E-state index in [9.17, 15) is 14.7 Å². The van der Waals surface area contributed by atoms with E-state index in [0.29, 0.717) is 36.9 Å². The number of amides is 3. The van der Waals surface area contributed by atoms with Crippen molar-refractivity contribution in [1.29, 1.82) is 0 Å². The van der Waals surface area contributed by atoms with Crippen LogP contribution in [0.25, 0.3) is 10.8 Å². The van der Waals surface area contributed by atoms with Gasteiger partial charge in [-0.2, -0.15) is 0 Å². The molecule has 3 aromatic rings. The number of esters is 1. The Labute approximate surface area is 323 Å². The van der Waals surface area contributed by atoms with Crippen molar-refractivity contribution < 1.29 is 38.5 Å².